The summed E-state index contributed by atoms with van der Waals surface area (Å²) in [6, 6.07) is 9.84. The van der Waals surface area contributed by atoms with Crippen molar-refractivity contribution in [1.82, 2.24) is 10.3 Å². The van der Waals surface area contributed by atoms with Crippen LogP contribution in [0.4, 0.5) is 0 Å². The summed E-state index contributed by atoms with van der Waals surface area (Å²) in [4.78, 5) is 5.72. The van der Waals surface area contributed by atoms with E-state index in [4.69, 9.17) is 5.26 Å². The van der Waals surface area contributed by atoms with Gasteiger partial charge in [-0.15, -0.1) is 11.3 Å². The zero-order valence-corrected chi connectivity index (χ0v) is 12.9. The largest absolute Gasteiger partial charge is 0.308 e. The first-order valence-corrected chi connectivity index (χ1v) is 7.45. The number of aromatic nitrogens is 1. The molecule has 0 bridgehead atoms. The van der Waals surface area contributed by atoms with Crippen molar-refractivity contribution < 1.29 is 0 Å². The Morgan fingerprint density at radius 3 is 2.75 bits per heavy atom. The summed E-state index contributed by atoms with van der Waals surface area (Å²) in [7, 11) is 0. The van der Waals surface area contributed by atoms with Gasteiger partial charge in [0.05, 0.1) is 16.6 Å². The fourth-order valence-corrected chi connectivity index (χ4v) is 2.76. The molecule has 0 atom stereocenters. The quantitative estimate of drug-likeness (QED) is 0.933. The molecule has 2 rings (SSSR count). The molecule has 20 heavy (non-hydrogen) atoms. The van der Waals surface area contributed by atoms with Gasteiger partial charge < -0.3 is 5.32 Å². The molecule has 1 aromatic heterocycles. The Morgan fingerprint density at radius 1 is 1.30 bits per heavy atom. The van der Waals surface area contributed by atoms with E-state index in [2.05, 4.69) is 37.1 Å². The predicted molar refractivity (Wildman–Crippen MR) is 82.5 cm³/mol. The number of rotatable bonds is 4. The van der Waals surface area contributed by atoms with Crippen LogP contribution >= 0.6 is 11.3 Å². The number of thiazole rings is 1. The van der Waals surface area contributed by atoms with Gasteiger partial charge in [-0.3, -0.25) is 0 Å². The van der Waals surface area contributed by atoms with Crippen molar-refractivity contribution in [3.63, 3.8) is 0 Å². The number of benzene rings is 1. The molecule has 0 aliphatic carbocycles. The van der Waals surface area contributed by atoms with Crippen LogP contribution in [0.3, 0.4) is 0 Å². The standard InChI is InChI=1S/C16H19N3S/c1-16(2,3)15-19-11-14(20-15)10-18-9-13-6-4-5-12(7-13)8-17/h4-7,11,18H,9-10H2,1-3H3. The molecule has 0 saturated heterocycles. The SMILES string of the molecule is CC(C)(C)c1ncc(CNCc2cccc(C#N)c2)s1. The fourth-order valence-electron chi connectivity index (χ4n) is 1.82. The minimum Gasteiger partial charge on any atom is -0.308 e. The average Bonchev–Trinajstić information content (AvgIpc) is 2.88. The zero-order chi connectivity index (χ0) is 14.6. The summed E-state index contributed by atoms with van der Waals surface area (Å²) in [5, 5.41) is 13.4. The molecule has 1 aromatic carbocycles. The topological polar surface area (TPSA) is 48.7 Å². The van der Waals surface area contributed by atoms with Gasteiger partial charge in [0.2, 0.25) is 0 Å². The first kappa shape index (κ1) is 14.7. The number of nitrogens with zero attached hydrogens (tertiary/aromatic N) is 2. The third-order valence-corrected chi connectivity index (χ3v) is 4.30. The van der Waals surface area contributed by atoms with E-state index >= 15 is 0 Å². The van der Waals surface area contributed by atoms with Gasteiger partial charge in [0, 0.05) is 29.6 Å². The Balaban J connectivity index is 1.90. The van der Waals surface area contributed by atoms with Crippen LogP contribution in [0.15, 0.2) is 30.5 Å². The molecule has 3 nitrogen and oxygen atoms in total. The maximum atomic E-state index is 8.87. The van der Waals surface area contributed by atoms with Crippen LogP contribution in [0, 0.1) is 11.3 Å². The van der Waals surface area contributed by atoms with E-state index in [1.807, 2.05) is 30.5 Å². The lowest BCUT2D eigenvalue weighted by molar-refractivity contribution is 0.585. The molecule has 1 N–H and O–H groups in total. The van der Waals surface area contributed by atoms with Gasteiger partial charge in [0.15, 0.2) is 0 Å². The van der Waals surface area contributed by atoms with Crippen molar-refractivity contribution in [2.24, 2.45) is 0 Å². The second kappa shape index (κ2) is 6.17. The zero-order valence-electron chi connectivity index (χ0n) is 12.1. The molecule has 2 aromatic rings. The molecule has 0 saturated carbocycles. The Kier molecular flexibility index (Phi) is 4.53. The number of hydrogen-bond acceptors (Lipinski definition) is 4. The summed E-state index contributed by atoms with van der Waals surface area (Å²) in [5.74, 6) is 0. The van der Waals surface area contributed by atoms with Crippen molar-refractivity contribution in [2.45, 2.75) is 39.3 Å². The van der Waals surface area contributed by atoms with Gasteiger partial charge in [-0.1, -0.05) is 32.9 Å². The molecule has 104 valence electrons. The van der Waals surface area contributed by atoms with Crippen molar-refractivity contribution in [3.8, 4) is 6.07 Å². The van der Waals surface area contributed by atoms with Crippen molar-refractivity contribution in [1.29, 1.82) is 5.26 Å². The van der Waals surface area contributed by atoms with Crippen LogP contribution in [0.1, 0.15) is 41.8 Å². The molecule has 0 amide bonds. The Hall–Kier alpha value is -1.70. The maximum absolute atomic E-state index is 8.87. The molecule has 0 fully saturated rings. The summed E-state index contributed by atoms with van der Waals surface area (Å²) in [5.41, 5.74) is 1.95. The molecule has 0 spiro atoms. The van der Waals surface area contributed by atoms with Crippen LogP contribution in [0.5, 0.6) is 0 Å². The van der Waals surface area contributed by atoms with Gasteiger partial charge in [-0.05, 0) is 17.7 Å². The van der Waals surface area contributed by atoms with Crippen LogP contribution in [-0.4, -0.2) is 4.98 Å². The van der Waals surface area contributed by atoms with E-state index in [0.29, 0.717) is 5.56 Å². The second-order valence-corrected chi connectivity index (χ2v) is 6.91. The number of nitrogens with one attached hydrogen (secondary N) is 1. The smallest absolute Gasteiger partial charge is 0.0991 e. The van der Waals surface area contributed by atoms with Crippen LogP contribution in [0.2, 0.25) is 0 Å². The molecule has 4 heteroatoms. The van der Waals surface area contributed by atoms with Gasteiger partial charge in [0.25, 0.3) is 0 Å². The van der Waals surface area contributed by atoms with E-state index in [9.17, 15) is 0 Å². The molecule has 0 aliphatic heterocycles. The third kappa shape index (κ3) is 3.89. The van der Waals surface area contributed by atoms with E-state index in [1.165, 1.54) is 9.88 Å². The Morgan fingerprint density at radius 2 is 2.10 bits per heavy atom. The lowest BCUT2D eigenvalue weighted by Crippen LogP contribution is -2.12. The highest BCUT2D eigenvalue weighted by atomic mass is 32.1. The minimum absolute atomic E-state index is 0.115. The van der Waals surface area contributed by atoms with E-state index in [1.54, 1.807) is 11.3 Å². The first-order chi connectivity index (χ1) is 9.49. The molecule has 0 aliphatic rings. The lowest BCUT2D eigenvalue weighted by atomic mass is 9.98. The molecule has 0 radical (unpaired) electrons. The second-order valence-electron chi connectivity index (χ2n) is 5.80. The van der Waals surface area contributed by atoms with Crippen LogP contribution in [-0.2, 0) is 18.5 Å². The highest BCUT2D eigenvalue weighted by molar-refractivity contribution is 7.11. The number of nitriles is 1. The van der Waals surface area contributed by atoms with E-state index < -0.39 is 0 Å². The normalized spacial score (nSPS) is 11.3. The van der Waals surface area contributed by atoms with Crippen molar-refractivity contribution in [2.75, 3.05) is 0 Å². The molecular weight excluding hydrogens is 266 g/mol. The number of hydrogen-bond donors (Lipinski definition) is 1. The summed E-state index contributed by atoms with van der Waals surface area (Å²) in [6.07, 6.45) is 1.95. The fraction of sp³-hybridized carbons (Fsp3) is 0.375. The van der Waals surface area contributed by atoms with Crippen molar-refractivity contribution >= 4 is 11.3 Å². The van der Waals surface area contributed by atoms with Crippen LogP contribution < -0.4 is 5.32 Å². The lowest BCUT2D eigenvalue weighted by Gasteiger charge is -2.13. The first-order valence-electron chi connectivity index (χ1n) is 6.64. The molecular formula is C16H19N3S. The summed E-state index contributed by atoms with van der Waals surface area (Å²) in [6.45, 7) is 8.10. The van der Waals surface area contributed by atoms with E-state index in [-0.39, 0.29) is 5.41 Å². The highest BCUT2D eigenvalue weighted by Crippen LogP contribution is 2.26. The Labute approximate surface area is 124 Å². The minimum atomic E-state index is 0.115. The van der Waals surface area contributed by atoms with Gasteiger partial charge in [-0.2, -0.15) is 5.26 Å². The third-order valence-electron chi connectivity index (χ3n) is 2.88. The van der Waals surface area contributed by atoms with Crippen LogP contribution in [0.25, 0.3) is 0 Å². The molecule has 1 heterocycles. The maximum Gasteiger partial charge on any atom is 0.0991 e. The van der Waals surface area contributed by atoms with Gasteiger partial charge in [0.1, 0.15) is 0 Å². The molecule has 0 unspecified atom stereocenters. The monoisotopic (exact) mass is 285 g/mol. The van der Waals surface area contributed by atoms with Crippen molar-refractivity contribution in [3.05, 3.63) is 51.5 Å². The van der Waals surface area contributed by atoms with Gasteiger partial charge in [-0.25, -0.2) is 4.98 Å². The predicted octanol–water partition coefficient (Wildman–Crippen LogP) is 3.60. The highest BCUT2D eigenvalue weighted by Gasteiger charge is 2.17. The average molecular weight is 285 g/mol. The van der Waals surface area contributed by atoms with E-state index in [0.717, 1.165) is 18.7 Å². The Bertz CT molecular complexity index is 617. The summed E-state index contributed by atoms with van der Waals surface area (Å²) >= 11 is 1.76. The summed E-state index contributed by atoms with van der Waals surface area (Å²) < 4.78 is 0. The van der Waals surface area contributed by atoms with Gasteiger partial charge >= 0.3 is 0 Å².